The van der Waals surface area contributed by atoms with Crippen LogP contribution in [0.4, 0.5) is 0 Å². The minimum absolute atomic E-state index is 0.0749. The highest BCUT2D eigenvalue weighted by molar-refractivity contribution is 5.83. The van der Waals surface area contributed by atoms with Crippen LogP contribution in [0.1, 0.15) is 58.3 Å². The highest BCUT2D eigenvalue weighted by Crippen LogP contribution is 2.31. The lowest BCUT2D eigenvalue weighted by molar-refractivity contribution is -0.154. The second-order valence-electron chi connectivity index (χ2n) is 9.23. The van der Waals surface area contributed by atoms with Gasteiger partial charge in [-0.1, -0.05) is 39.0 Å². The quantitative estimate of drug-likeness (QED) is 0.738. The van der Waals surface area contributed by atoms with Crippen LogP contribution in [0.3, 0.4) is 0 Å². The van der Waals surface area contributed by atoms with Gasteiger partial charge in [-0.3, -0.25) is 19.9 Å². The van der Waals surface area contributed by atoms with Crippen LogP contribution in [0.2, 0.25) is 0 Å². The molecule has 0 aromatic rings. The summed E-state index contributed by atoms with van der Waals surface area (Å²) in [6.07, 6.45) is 9.30. The van der Waals surface area contributed by atoms with Crippen LogP contribution in [0.25, 0.3) is 0 Å². The Kier molecular flexibility index (Phi) is 6.53. The number of nitrogens with zero attached hydrogens (tertiary/aromatic N) is 2. The number of ether oxygens (including phenoxy) is 1. The molecule has 2 amide bonds. The van der Waals surface area contributed by atoms with E-state index in [1.807, 2.05) is 0 Å². The van der Waals surface area contributed by atoms with E-state index in [0.717, 1.165) is 38.4 Å². The van der Waals surface area contributed by atoms with Crippen molar-refractivity contribution in [1.29, 1.82) is 0 Å². The Bertz CT molecular complexity index is 566. The van der Waals surface area contributed by atoms with E-state index in [1.165, 1.54) is 38.5 Å². The second-order valence-corrected chi connectivity index (χ2v) is 9.23. The first-order valence-corrected chi connectivity index (χ1v) is 11.3. The summed E-state index contributed by atoms with van der Waals surface area (Å²) in [5.41, 5.74) is 5.71. The summed E-state index contributed by atoms with van der Waals surface area (Å²) >= 11 is 0. The molecule has 4 aliphatic rings. The zero-order valence-corrected chi connectivity index (χ0v) is 17.2. The summed E-state index contributed by atoms with van der Waals surface area (Å²) in [7, 11) is 0. The van der Waals surface area contributed by atoms with Gasteiger partial charge in [-0.25, -0.2) is 5.43 Å². The molecule has 7 heteroatoms. The summed E-state index contributed by atoms with van der Waals surface area (Å²) in [4.78, 5) is 29.6. The van der Waals surface area contributed by atoms with Gasteiger partial charge < -0.3 is 9.64 Å². The minimum Gasteiger partial charge on any atom is -0.363 e. The van der Waals surface area contributed by atoms with Gasteiger partial charge in [0.05, 0.1) is 18.7 Å². The number of hydrogen-bond acceptors (Lipinski definition) is 5. The Morgan fingerprint density at radius 3 is 2.54 bits per heavy atom. The van der Waals surface area contributed by atoms with Gasteiger partial charge in [0.1, 0.15) is 0 Å². The zero-order valence-electron chi connectivity index (χ0n) is 17.2. The third kappa shape index (κ3) is 4.52. The van der Waals surface area contributed by atoms with Crippen molar-refractivity contribution in [1.82, 2.24) is 20.7 Å². The monoisotopic (exact) mass is 392 g/mol. The van der Waals surface area contributed by atoms with E-state index in [0.29, 0.717) is 19.0 Å². The average Bonchev–Trinajstić information content (AvgIpc) is 3.20. The molecule has 2 aliphatic carbocycles. The number of rotatable bonds is 5. The Labute approximate surface area is 168 Å². The molecule has 2 heterocycles. The van der Waals surface area contributed by atoms with Gasteiger partial charge in [-0.15, -0.1) is 0 Å². The van der Waals surface area contributed by atoms with E-state index < -0.39 is 6.10 Å². The van der Waals surface area contributed by atoms with Crippen molar-refractivity contribution in [3.8, 4) is 0 Å². The lowest BCUT2D eigenvalue weighted by Gasteiger charge is -2.44. The van der Waals surface area contributed by atoms with Crippen LogP contribution in [0.15, 0.2) is 0 Å². The largest absolute Gasteiger partial charge is 0.363 e. The van der Waals surface area contributed by atoms with Crippen molar-refractivity contribution in [2.45, 2.75) is 76.5 Å². The second kappa shape index (κ2) is 9.09. The van der Waals surface area contributed by atoms with Crippen molar-refractivity contribution in [2.75, 3.05) is 32.7 Å². The van der Waals surface area contributed by atoms with Gasteiger partial charge in [0.15, 0.2) is 6.10 Å². The lowest BCUT2D eigenvalue weighted by Crippen LogP contribution is -2.67. The molecule has 0 bridgehead atoms. The third-order valence-corrected chi connectivity index (χ3v) is 7.33. The van der Waals surface area contributed by atoms with Gasteiger partial charge in [-0.2, -0.15) is 0 Å². The van der Waals surface area contributed by atoms with Crippen LogP contribution in [-0.2, 0) is 14.3 Å². The van der Waals surface area contributed by atoms with Gasteiger partial charge >= 0.3 is 0 Å². The average molecular weight is 393 g/mol. The predicted molar refractivity (Wildman–Crippen MR) is 106 cm³/mol. The maximum Gasteiger partial charge on any atom is 0.264 e. The van der Waals surface area contributed by atoms with Crippen molar-refractivity contribution in [3.63, 3.8) is 0 Å². The van der Waals surface area contributed by atoms with Crippen LogP contribution < -0.4 is 10.9 Å². The number of nitrogens with one attached hydrogen (secondary N) is 2. The van der Waals surface area contributed by atoms with Gasteiger partial charge in [0, 0.05) is 26.2 Å². The first-order valence-electron chi connectivity index (χ1n) is 11.3. The van der Waals surface area contributed by atoms with Crippen LogP contribution in [0.5, 0.6) is 0 Å². The molecule has 2 saturated carbocycles. The SMILES string of the molecule is CC1CCCCC1CN1CCN(C2CNNC(=O)C2OC2CCCC2)CC1=O. The van der Waals surface area contributed by atoms with Crippen LogP contribution in [-0.4, -0.2) is 72.6 Å². The highest BCUT2D eigenvalue weighted by atomic mass is 16.5. The summed E-state index contributed by atoms with van der Waals surface area (Å²) < 4.78 is 6.21. The fourth-order valence-corrected chi connectivity index (χ4v) is 5.45. The maximum atomic E-state index is 12.9. The number of piperazine rings is 1. The van der Waals surface area contributed by atoms with E-state index in [4.69, 9.17) is 4.74 Å². The smallest absolute Gasteiger partial charge is 0.264 e. The number of carbonyl (C=O) groups is 2. The summed E-state index contributed by atoms with van der Waals surface area (Å²) in [5, 5.41) is 0. The topological polar surface area (TPSA) is 73.9 Å². The molecule has 4 atom stereocenters. The molecule has 4 unspecified atom stereocenters. The molecule has 158 valence electrons. The first kappa shape index (κ1) is 20.1. The Morgan fingerprint density at radius 2 is 1.79 bits per heavy atom. The van der Waals surface area contributed by atoms with E-state index in [2.05, 4.69) is 27.6 Å². The molecule has 2 N–H and O–H groups in total. The molecule has 0 aromatic carbocycles. The highest BCUT2D eigenvalue weighted by Gasteiger charge is 2.41. The molecule has 0 spiro atoms. The Balaban J connectivity index is 1.35. The predicted octanol–water partition coefficient (Wildman–Crippen LogP) is 1.29. The summed E-state index contributed by atoms with van der Waals surface area (Å²) in [6.45, 7) is 5.83. The van der Waals surface area contributed by atoms with Crippen molar-refractivity contribution in [2.24, 2.45) is 11.8 Å². The number of carbonyl (C=O) groups excluding carboxylic acids is 2. The Morgan fingerprint density at radius 1 is 1.04 bits per heavy atom. The van der Waals surface area contributed by atoms with E-state index >= 15 is 0 Å². The van der Waals surface area contributed by atoms with Crippen LogP contribution in [0, 0.1) is 11.8 Å². The Hall–Kier alpha value is -1.18. The molecule has 4 rings (SSSR count). The van der Waals surface area contributed by atoms with Gasteiger partial charge in [0.2, 0.25) is 5.91 Å². The molecule has 4 fully saturated rings. The normalized spacial score (nSPS) is 36.0. The lowest BCUT2D eigenvalue weighted by atomic mass is 9.80. The molecule has 0 aromatic heterocycles. The van der Waals surface area contributed by atoms with Crippen molar-refractivity contribution in [3.05, 3.63) is 0 Å². The molecule has 28 heavy (non-hydrogen) atoms. The summed E-state index contributed by atoms with van der Waals surface area (Å²) in [5.74, 6) is 1.46. The molecular formula is C21H36N4O3. The van der Waals surface area contributed by atoms with E-state index in [1.54, 1.807) is 0 Å². The van der Waals surface area contributed by atoms with E-state index in [-0.39, 0.29) is 24.0 Å². The maximum absolute atomic E-state index is 12.9. The molecular weight excluding hydrogens is 356 g/mol. The van der Waals surface area contributed by atoms with Crippen molar-refractivity contribution < 1.29 is 14.3 Å². The fourth-order valence-electron chi connectivity index (χ4n) is 5.45. The van der Waals surface area contributed by atoms with E-state index in [9.17, 15) is 9.59 Å². The number of amides is 2. The molecule has 2 aliphatic heterocycles. The molecule has 0 radical (unpaired) electrons. The third-order valence-electron chi connectivity index (χ3n) is 7.33. The summed E-state index contributed by atoms with van der Waals surface area (Å²) in [6, 6.07) is -0.0749. The van der Waals surface area contributed by atoms with Gasteiger partial charge in [0.25, 0.3) is 5.91 Å². The number of hydrogen-bond donors (Lipinski definition) is 2. The van der Waals surface area contributed by atoms with Gasteiger partial charge in [-0.05, 0) is 31.1 Å². The fraction of sp³-hybridized carbons (Fsp3) is 0.905. The van der Waals surface area contributed by atoms with Crippen LogP contribution >= 0.6 is 0 Å². The minimum atomic E-state index is -0.484. The zero-order chi connectivity index (χ0) is 19.5. The molecule has 7 nitrogen and oxygen atoms in total. The standard InChI is InChI=1S/C21H36N4O3/c1-15-6-2-3-7-16(15)13-25-11-10-24(14-19(25)26)18-12-22-23-21(27)20(18)28-17-8-4-5-9-17/h15-18,20,22H,2-14H2,1H3,(H,23,27). The number of hydrazine groups is 1. The molecule has 2 saturated heterocycles. The first-order chi connectivity index (χ1) is 13.6. The van der Waals surface area contributed by atoms with Crippen molar-refractivity contribution >= 4 is 11.8 Å².